The van der Waals surface area contributed by atoms with E-state index in [4.69, 9.17) is 9.47 Å². The van der Waals surface area contributed by atoms with Crippen LogP contribution in [0.4, 0.5) is 5.69 Å². The molecular formula is C25H28N2O4. The van der Waals surface area contributed by atoms with Crippen LogP contribution in [0.5, 0.6) is 11.5 Å². The van der Waals surface area contributed by atoms with Gasteiger partial charge in [-0.15, -0.1) is 0 Å². The maximum Gasteiger partial charge on any atom is 0.235 e. The number of fused-ring (bicyclic) bond motifs is 2. The summed E-state index contributed by atoms with van der Waals surface area (Å²) in [6.45, 7) is 1.83. The molecule has 2 aromatic rings. The Morgan fingerprint density at radius 3 is 2.55 bits per heavy atom. The summed E-state index contributed by atoms with van der Waals surface area (Å²) in [5.41, 5.74) is 2.17. The molecule has 162 valence electrons. The van der Waals surface area contributed by atoms with E-state index in [-0.39, 0.29) is 11.8 Å². The number of carbonyl (C=O) groups excluding carboxylic acids is 2. The predicted octanol–water partition coefficient (Wildman–Crippen LogP) is 3.54. The average Bonchev–Trinajstić information content (AvgIpc) is 3.59. The normalized spacial score (nSPS) is 19.1. The second-order valence-electron chi connectivity index (χ2n) is 8.88. The number of hydrogen-bond donors (Lipinski definition) is 1. The number of anilines is 1. The molecule has 0 radical (unpaired) electrons. The minimum atomic E-state index is -0.610. The number of ether oxygens (including phenoxy) is 2. The molecule has 0 bridgehead atoms. The lowest BCUT2D eigenvalue weighted by Crippen LogP contribution is -2.48. The molecule has 1 spiro atoms. The minimum Gasteiger partial charge on any atom is -0.493 e. The van der Waals surface area contributed by atoms with Crippen molar-refractivity contribution < 1.29 is 19.1 Å². The zero-order valence-electron chi connectivity index (χ0n) is 17.9. The lowest BCUT2D eigenvalue weighted by atomic mass is 9.73. The first-order valence-electron chi connectivity index (χ1n) is 11.1. The zero-order valence-corrected chi connectivity index (χ0v) is 17.9. The molecule has 3 aliphatic rings. The molecule has 6 nitrogen and oxygen atoms in total. The molecule has 1 aliphatic carbocycles. The van der Waals surface area contributed by atoms with Gasteiger partial charge in [0.05, 0.1) is 25.6 Å². The quantitative estimate of drug-likeness (QED) is 0.776. The van der Waals surface area contributed by atoms with Gasteiger partial charge >= 0.3 is 0 Å². The number of carbonyl (C=O) groups is 2. The van der Waals surface area contributed by atoms with E-state index >= 15 is 0 Å². The summed E-state index contributed by atoms with van der Waals surface area (Å²) in [5.74, 6) is 2.11. The van der Waals surface area contributed by atoms with Crippen molar-refractivity contribution >= 4 is 17.5 Å². The van der Waals surface area contributed by atoms with E-state index in [0.29, 0.717) is 56.4 Å². The Bertz CT molecular complexity index is 992. The van der Waals surface area contributed by atoms with Crippen molar-refractivity contribution in [3.63, 3.8) is 0 Å². The molecule has 0 atom stereocenters. The van der Waals surface area contributed by atoms with Crippen LogP contribution in [-0.2, 0) is 21.4 Å². The van der Waals surface area contributed by atoms with Crippen molar-refractivity contribution in [2.75, 3.05) is 32.1 Å². The van der Waals surface area contributed by atoms with Gasteiger partial charge in [0.25, 0.3) is 0 Å². The lowest BCUT2D eigenvalue weighted by molar-refractivity contribution is -0.134. The zero-order chi connectivity index (χ0) is 21.4. The highest BCUT2D eigenvalue weighted by molar-refractivity contribution is 6.07. The number of nitrogens with zero attached hydrogens (tertiary/aromatic N) is 1. The third kappa shape index (κ3) is 3.75. The number of piperidine rings is 1. The highest BCUT2D eigenvalue weighted by atomic mass is 16.5. The second-order valence-corrected chi connectivity index (χ2v) is 8.88. The van der Waals surface area contributed by atoms with Crippen molar-refractivity contribution in [3.8, 4) is 11.5 Å². The molecule has 1 saturated heterocycles. The Morgan fingerprint density at radius 1 is 1.13 bits per heavy atom. The van der Waals surface area contributed by atoms with Gasteiger partial charge in [-0.25, -0.2) is 0 Å². The van der Waals surface area contributed by atoms with E-state index in [1.54, 1.807) is 7.11 Å². The van der Waals surface area contributed by atoms with Crippen LogP contribution in [0, 0.1) is 5.92 Å². The smallest absolute Gasteiger partial charge is 0.235 e. The molecule has 0 aromatic heterocycles. The van der Waals surface area contributed by atoms with Gasteiger partial charge in [-0.2, -0.15) is 0 Å². The van der Waals surface area contributed by atoms with E-state index in [1.807, 2.05) is 47.4 Å². The SMILES string of the molecule is COc1cc2c(cc1OCC1CC1)NC(=O)C21CCN(C(=O)Cc2ccccc2)CC1. The summed E-state index contributed by atoms with van der Waals surface area (Å²) in [6.07, 6.45) is 4.04. The Morgan fingerprint density at radius 2 is 1.87 bits per heavy atom. The van der Waals surface area contributed by atoms with E-state index in [2.05, 4.69) is 5.32 Å². The number of methoxy groups -OCH3 is 1. The maximum absolute atomic E-state index is 13.1. The fraction of sp³-hybridized carbons (Fsp3) is 0.440. The van der Waals surface area contributed by atoms with E-state index < -0.39 is 5.41 Å². The minimum absolute atomic E-state index is 0.0130. The summed E-state index contributed by atoms with van der Waals surface area (Å²) in [4.78, 5) is 27.7. The Labute approximate surface area is 182 Å². The first-order chi connectivity index (χ1) is 15.1. The molecule has 2 amide bonds. The van der Waals surface area contributed by atoms with Crippen molar-refractivity contribution in [2.24, 2.45) is 5.92 Å². The molecule has 2 aliphatic heterocycles. The van der Waals surface area contributed by atoms with Crippen LogP contribution in [0.15, 0.2) is 42.5 Å². The van der Waals surface area contributed by atoms with Crippen LogP contribution in [0.1, 0.15) is 36.8 Å². The van der Waals surface area contributed by atoms with Gasteiger partial charge in [0.1, 0.15) is 0 Å². The molecule has 1 saturated carbocycles. The number of likely N-dealkylation sites (tertiary alicyclic amines) is 1. The maximum atomic E-state index is 13.1. The summed E-state index contributed by atoms with van der Waals surface area (Å²) in [7, 11) is 1.63. The molecule has 0 unspecified atom stereocenters. The van der Waals surface area contributed by atoms with Crippen LogP contribution in [0.25, 0.3) is 0 Å². The van der Waals surface area contributed by atoms with Gasteiger partial charge < -0.3 is 19.7 Å². The second kappa shape index (κ2) is 7.91. The van der Waals surface area contributed by atoms with Gasteiger partial charge in [0.15, 0.2) is 11.5 Å². The van der Waals surface area contributed by atoms with Gasteiger partial charge in [-0.05, 0) is 48.8 Å². The van der Waals surface area contributed by atoms with E-state index in [1.165, 1.54) is 12.8 Å². The molecule has 31 heavy (non-hydrogen) atoms. The van der Waals surface area contributed by atoms with Gasteiger partial charge in [0, 0.05) is 24.8 Å². The van der Waals surface area contributed by atoms with Gasteiger partial charge in [-0.1, -0.05) is 30.3 Å². The van der Waals surface area contributed by atoms with E-state index in [0.717, 1.165) is 16.8 Å². The van der Waals surface area contributed by atoms with Crippen molar-refractivity contribution in [3.05, 3.63) is 53.6 Å². The first-order valence-corrected chi connectivity index (χ1v) is 11.1. The van der Waals surface area contributed by atoms with Crippen molar-refractivity contribution in [2.45, 2.75) is 37.5 Å². The fourth-order valence-corrected chi connectivity index (χ4v) is 4.70. The molecule has 6 heteroatoms. The summed E-state index contributed by atoms with van der Waals surface area (Å²) < 4.78 is 11.6. The molecular weight excluding hydrogens is 392 g/mol. The van der Waals surface area contributed by atoms with Crippen molar-refractivity contribution in [1.29, 1.82) is 0 Å². The molecule has 5 rings (SSSR count). The Kier molecular flexibility index (Phi) is 5.08. The number of amides is 2. The number of hydrogen-bond acceptors (Lipinski definition) is 4. The Hall–Kier alpha value is -3.02. The van der Waals surface area contributed by atoms with Gasteiger partial charge in [0.2, 0.25) is 11.8 Å². The van der Waals surface area contributed by atoms with Crippen LogP contribution in [0.2, 0.25) is 0 Å². The van der Waals surface area contributed by atoms with Crippen LogP contribution in [-0.4, -0.2) is 43.5 Å². The van der Waals surface area contributed by atoms with Gasteiger partial charge in [-0.3, -0.25) is 9.59 Å². The third-order valence-electron chi connectivity index (χ3n) is 6.84. The summed E-state index contributed by atoms with van der Waals surface area (Å²) >= 11 is 0. The fourth-order valence-electron chi connectivity index (χ4n) is 4.70. The largest absolute Gasteiger partial charge is 0.493 e. The van der Waals surface area contributed by atoms with Crippen LogP contribution >= 0.6 is 0 Å². The summed E-state index contributed by atoms with van der Waals surface area (Å²) in [6, 6.07) is 13.6. The first kappa shape index (κ1) is 19.9. The Balaban J connectivity index is 1.32. The summed E-state index contributed by atoms with van der Waals surface area (Å²) in [5, 5.41) is 3.06. The molecule has 2 aromatic carbocycles. The molecule has 2 fully saturated rings. The molecule has 1 N–H and O–H groups in total. The number of nitrogens with one attached hydrogen (secondary N) is 1. The molecule has 2 heterocycles. The number of benzene rings is 2. The lowest BCUT2D eigenvalue weighted by Gasteiger charge is -2.38. The standard InChI is InChI=1S/C25H28N2O4/c1-30-21-14-19-20(15-22(21)31-16-18-7-8-18)26-24(29)25(19)9-11-27(12-10-25)23(28)13-17-5-3-2-4-6-17/h2-6,14-15,18H,7-13,16H2,1H3,(H,26,29). The third-order valence-corrected chi connectivity index (χ3v) is 6.84. The van der Waals surface area contributed by atoms with E-state index in [9.17, 15) is 9.59 Å². The average molecular weight is 421 g/mol. The van der Waals surface area contributed by atoms with Crippen LogP contribution in [0.3, 0.4) is 0 Å². The topological polar surface area (TPSA) is 67.9 Å². The highest BCUT2D eigenvalue weighted by Crippen LogP contribution is 2.49. The van der Waals surface area contributed by atoms with Crippen molar-refractivity contribution in [1.82, 2.24) is 4.90 Å². The van der Waals surface area contributed by atoms with Crippen LogP contribution < -0.4 is 14.8 Å². The predicted molar refractivity (Wildman–Crippen MR) is 117 cm³/mol. The monoisotopic (exact) mass is 420 g/mol. The highest BCUT2D eigenvalue weighted by Gasteiger charge is 2.49. The number of rotatable bonds is 6.